The SMILES string of the molecule is CC1CCC(Nc2ccc([N+](=O)[O-])c3cnccc23)C1. The van der Waals surface area contributed by atoms with Gasteiger partial charge in [0.15, 0.2) is 0 Å². The second-order valence-corrected chi connectivity index (χ2v) is 5.57. The van der Waals surface area contributed by atoms with Crippen LogP contribution in [-0.2, 0) is 0 Å². The highest BCUT2D eigenvalue weighted by Crippen LogP contribution is 2.33. The number of hydrogen-bond acceptors (Lipinski definition) is 4. The summed E-state index contributed by atoms with van der Waals surface area (Å²) in [4.78, 5) is 14.7. The molecular formula is C15H17N3O2. The van der Waals surface area contributed by atoms with Crippen LogP contribution in [0.15, 0.2) is 30.6 Å². The molecule has 1 fully saturated rings. The zero-order valence-electron chi connectivity index (χ0n) is 11.4. The summed E-state index contributed by atoms with van der Waals surface area (Å²) >= 11 is 0. The Balaban J connectivity index is 2.00. The van der Waals surface area contributed by atoms with Crippen LogP contribution in [0.1, 0.15) is 26.2 Å². The van der Waals surface area contributed by atoms with Crippen LogP contribution in [0.25, 0.3) is 10.8 Å². The van der Waals surface area contributed by atoms with Gasteiger partial charge in [-0.2, -0.15) is 0 Å². The number of anilines is 1. The quantitative estimate of drug-likeness (QED) is 0.682. The van der Waals surface area contributed by atoms with Crippen molar-refractivity contribution in [2.24, 2.45) is 5.92 Å². The van der Waals surface area contributed by atoms with Crippen molar-refractivity contribution in [2.75, 3.05) is 5.32 Å². The Bertz CT molecular complexity index is 657. The van der Waals surface area contributed by atoms with Gasteiger partial charge < -0.3 is 5.32 Å². The van der Waals surface area contributed by atoms with Crippen LogP contribution in [0.2, 0.25) is 0 Å². The lowest BCUT2D eigenvalue weighted by Crippen LogP contribution is -2.15. The average molecular weight is 271 g/mol. The minimum Gasteiger partial charge on any atom is -0.382 e. The molecule has 2 aromatic rings. The van der Waals surface area contributed by atoms with Gasteiger partial charge in [0.2, 0.25) is 0 Å². The monoisotopic (exact) mass is 271 g/mol. The predicted octanol–water partition coefficient (Wildman–Crippen LogP) is 3.74. The van der Waals surface area contributed by atoms with Crippen LogP contribution < -0.4 is 5.32 Å². The maximum absolute atomic E-state index is 11.1. The Kier molecular flexibility index (Phi) is 3.26. The van der Waals surface area contributed by atoms with E-state index in [9.17, 15) is 10.1 Å². The van der Waals surface area contributed by atoms with Gasteiger partial charge in [-0.05, 0) is 37.3 Å². The van der Waals surface area contributed by atoms with E-state index in [0.29, 0.717) is 11.4 Å². The fourth-order valence-electron chi connectivity index (χ4n) is 3.02. The van der Waals surface area contributed by atoms with Crippen molar-refractivity contribution in [1.82, 2.24) is 4.98 Å². The molecular weight excluding hydrogens is 254 g/mol. The number of hydrogen-bond donors (Lipinski definition) is 1. The average Bonchev–Trinajstić information content (AvgIpc) is 2.84. The van der Waals surface area contributed by atoms with Crippen LogP contribution in [0.4, 0.5) is 11.4 Å². The van der Waals surface area contributed by atoms with Crippen LogP contribution in [0.5, 0.6) is 0 Å². The summed E-state index contributed by atoms with van der Waals surface area (Å²) in [6.45, 7) is 2.26. The van der Waals surface area contributed by atoms with Crippen LogP contribution in [-0.4, -0.2) is 15.9 Å². The number of fused-ring (bicyclic) bond motifs is 1. The third kappa shape index (κ3) is 2.31. The first-order valence-electron chi connectivity index (χ1n) is 6.93. The number of non-ortho nitro benzene ring substituents is 1. The molecule has 1 N–H and O–H groups in total. The van der Waals surface area contributed by atoms with Gasteiger partial charge >= 0.3 is 0 Å². The van der Waals surface area contributed by atoms with Gasteiger partial charge in [0.25, 0.3) is 5.69 Å². The topological polar surface area (TPSA) is 68.1 Å². The first kappa shape index (κ1) is 12.8. The van der Waals surface area contributed by atoms with Gasteiger partial charge in [0.1, 0.15) is 0 Å². The van der Waals surface area contributed by atoms with Gasteiger partial charge in [-0.25, -0.2) is 0 Å². The van der Waals surface area contributed by atoms with Crippen LogP contribution >= 0.6 is 0 Å². The van der Waals surface area contributed by atoms with Crippen molar-refractivity contribution in [2.45, 2.75) is 32.2 Å². The third-order valence-electron chi connectivity index (χ3n) is 4.05. The molecule has 0 spiro atoms. The Morgan fingerprint density at radius 3 is 2.85 bits per heavy atom. The van der Waals surface area contributed by atoms with Crippen molar-refractivity contribution in [3.8, 4) is 0 Å². The Labute approximate surface area is 117 Å². The lowest BCUT2D eigenvalue weighted by molar-refractivity contribution is -0.383. The molecule has 0 amide bonds. The second kappa shape index (κ2) is 5.07. The summed E-state index contributed by atoms with van der Waals surface area (Å²) in [5, 5.41) is 16.1. The molecule has 20 heavy (non-hydrogen) atoms. The summed E-state index contributed by atoms with van der Waals surface area (Å²) in [6, 6.07) is 5.67. The predicted molar refractivity (Wildman–Crippen MR) is 78.8 cm³/mol. The van der Waals surface area contributed by atoms with Gasteiger partial charge in [0.05, 0.1) is 10.3 Å². The number of nitro groups is 1. The van der Waals surface area contributed by atoms with Crippen LogP contribution in [0.3, 0.4) is 0 Å². The zero-order valence-corrected chi connectivity index (χ0v) is 11.4. The molecule has 1 aromatic heterocycles. The van der Waals surface area contributed by atoms with E-state index in [0.717, 1.165) is 29.8 Å². The van der Waals surface area contributed by atoms with Crippen molar-refractivity contribution in [3.05, 3.63) is 40.7 Å². The normalized spacial score (nSPS) is 22.1. The number of aromatic nitrogens is 1. The van der Waals surface area contributed by atoms with E-state index in [1.807, 2.05) is 12.1 Å². The van der Waals surface area contributed by atoms with Gasteiger partial charge in [-0.3, -0.25) is 15.1 Å². The fourth-order valence-corrected chi connectivity index (χ4v) is 3.02. The molecule has 0 saturated heterocycles. The maximum atomic E-state index is 11.1. The van der Waals surface area contributed by atoms with Gasteiger partial charge in [0, 0.05) is 35.6 Å². The minimum atomic E-state index is -0.356. The summed E-state index contributed by atoms with van der Waals surface area (Å²) in [7, 11) is 0. The molecule has 1 heterocycles. The highest BCUT2D eigenvalue weighted by Gasteiger charge is 2.22. The maximum Gasteiger partial charge on any atom is 0.278 e. The highest BCUT2D eigenvalue weighted by atomic mass is 16.6. The number of nitrogens with one attached hydrogen (secondary N) is 1. The fraction of sp³-hybridized carbons (Fsp3) is 0.400. The van der Waals surface area contributed by atoms with E-state index >= 15 is 0 Å². The van der Waals surface area contributed by atoms with Gasteiger partial charge in [-0.1, -0.05) is 6.92 Å². The lowest BCUT2D eigenvalue weighted by Gasteiger charge is -2.16. The number of pyridine rings is 1. The number of nitro benzene ring substituents is 1. The number of rotatable bonds is 3. The molecule has 1 aromatic carbocycles. The molecule has 104 valence electrons. The van der Waals surface area contributed by atoms with E-state index in [4.69, 9.17) is 0 Å². The first-order valence-corrected chi connectivity index (χ1v) is 6.93. The van der Waals surface area contributed by atoms with E-state index in [1.54, 1.807) is 18.5 Å². The Morgan fingerprint density at radius 2 is 2.15 bits per heavy atom. The molecule has 0 bridgehead atoms. The van der Waals surface area contributed by atoms with Gasteiger partial charge in [-0.15, -0.1) is 0 Å². The lowest BCUT2D eigenvalue weighted by atomic mass is 10.1. The standard InChI is InChI=1S/C15H17N3O2/c1-10-2-3-11(8-10)17-14-4-5-15(18(19)20)13-9-16-7-6-12(13)14/h4-7,9-11,17H,2-3,8H2,1H3. The molecule has 0 aliphatic heterocycles. The number of benzene rings is 1. The van der Waals surface area contributed by atoms with E-state index in [-0.39, 0.29) is 10.6 Å². The van der Waals surface area contributed by atoms with Crippen LogP contribution in [0, 0.1) is 16.0 Å². The largest absolute Gasteiger partial charge is 0.382 e. The molecule has 1 aliphatic carbocycles. The summed E-state index contributed by atoms with van der Waals surface area (Å²) < 4.78 is 0. The molecule has 3 rings (SSSR count). The van der Waals surface area contributed by atoms with E-state index in [2.05, 4.69) is 17.2 Å². The second-order valence-electron chi connectivity index (χ2n) is 5.57. The summed E-state index contributed by atoms with van der Waals surface area (Å²) in [5.74, 6) is 0.749. The molecule has 2 unspecified atom stereocenters. The van der Waals surface area contributed by atoms with Crippen molar-refractivity contribution in [3.63, 3.8) is 0 Å². The molecule has 2 atom stereocenters. The molecule has 5 heteroatoms. The molecule has 1 aliphatic rings. The van der Waals surface area contributed by atoms with E-state index in [1.165, 1.54) is 6.42 Å². The Hall–Kier alpha value is -2.17. The first-order chi connectivity index (χ1) is 9.65. The smallest absolute Gasteiger partial charge is 0.278 e. The summed E-state index contributed by atoms with van der Waals surface area (Å²) in [6.07, 6.45) is 6.79. The zero-order chi connectivity index (χ0) is 14.1. The van der Waals surface area contributed by atoms with Crippen molar-refractivity contribution in [1.29, 1.82) is 0 Å². The third-order valence-corrected chi connectivity index (χ3v) is 4.05. The minimum absolute atomic E-state index is 0.110. The van der Waals surface area contributed by atoms with E-state index < -0.39 is 0 Å². The highest BCUT2D eigenvalue weighted by molar-refractivity contribution is 5.99. The molecule has 0 radical (unpaired) electrons. The summed E-state index contributed by atoms with van der Waals surface area (Å²) in [5.41, 5.74) is 1.07. The Morgan fingerprint density at radius 1 is 1.30 bits per heavy atom. The molecule has 5 nitrogen and oxygen atoms in total. The van der Waals surface area contributed by atoms with Crippen molar-refractivity contribution >= 4 is 22.1 Å². The van der Waals surface area contributed by atoms with Crippen molar-refractivity contribution < 1.29 is 4.92 Å². The number of nitrogens with zero attached hydrogens (tertiary/aromatic N) is 2. The molecule has 1 saturated carbocycles.